The molecule has 0 radical (unpaired) electrons. The van der Waals surface area contributed by atoms with Gasteiger partial charge in [-0.05, 0) is 25.2 Å². The number of carbonyl (C=O) groups excluding carboxylic acids is 1. The van der Waals surface area contributed by atoms with Gasteiger partial charge in [0, 0.05) is 31.6 Å². The van der Waals surface area contributed by atoms with E-state index in [1.54, 1.807) is 0 Å². The van der Waals surface area contributed by atoms with Crippen LogP contribution >= 0.6 is 0 Å². The Bertz CT molecular complexity index is 278. The van der Waals surface area contributed by atoms with E-state index < -0.39 is 0 Å². The predicted molar refractivity (Wildman–Crippen MR) is 71.9 cm³/mol. The molecule has 100 valence electrons. The second kappa shape index (κ2) is 4.97. The third-order valence-corrected chi connectivity index (χ3v) is 3.88. The molecule has 17 heavy (non-hydrogen) atoms. The molecule has 3 nitrogen and oxygen atoms in total. The van der Waals surface area contributed by atoms with Crippen LogP contribution in [0.25, 0.3) is 0 Å². The zero-order valence-corrected chi connectivity index (χ0v) is 12.3. The summed E-state index contributed by atoms with van der Waals surface area (Å²) in [6.45, 7) is 15.7. The first-order chi connectivity index (χ1) is 7.62. The Morgan fingerprint density at radius 3 is 2.47 bits per heavy atom. The van der Waals surface area contributed by atoms with Gasteiger partial charge in [0.2, 0.25) is 5.91 Å². The molecule has 1 unspecified atom stereocenters. The molecule has 3 heteroatoms. The first kappa shape index (κ1) is 14.5. The number of amides is 1. The van der Waals surface area contributed by atoms with Crippen LogP contribution in [0.4, 0.5) is 0 Å². The van der Waals surface area contributed by atoms with Crippen LogP contribution in [0.5, 0.6) is 0 Å². The summed E-state index contributed by atoms with van der Waals surface area (Å²) in [5.74, 6) is 0.731. The first-order valence-electron chi connectivity index (χ1n) is 6.65. The van der Waals surface area contributed by atoms with E-state index in [1.807, 2.05) is 4.90 Å². The highest BCUT2D eigenvalue weighted by atomic mass is 16.2. The molecule has 1 N–H and O–H groups in total. The molecule has 1 heterocycles. The third-order valence-electron chi connectivity index (χ3n) is 3.88. The maximum atomic E-state index is 12.2. The highest BCUT2D eigenvalue weighted by Gasteiger charge is 2.30. The van der Waals surface area contributed by atoms with Crippen molar-refractivity contribution in [3.63, 3.8) is 0 Å². The number of piperazine rings is 1. The van der Waals surface area contributed by atoms with Crippen molar-refractivity contribution in [3.05, 3.63) is 0 Å². The Morgan fingerprint density at radius 2 is 2.00 bits per heavy atom. The van der Waals surface area contributed by atoms with Crippen LogP contribution in [0, 0.1) is 11.3 Å². The quantitative estimate of drug-likeness (QED) is 0.803. The maximum absolute atomic E-state index is 12.2. The lowest BCUT2D eigenvalue weighted by Gasteiger charge is -2.40. The van der Waals surface area contributed by atoms with Crippen molar-refractivity contribution in [2.75, 3.05) is 19.6 Å². The van der Waals surface area contributed by atoms with E-state index in [-0.39, 0.29) is 11.0 Å². The smallest absolute Gasteiger partial charge is 0.222 e. The largest absolute Gasteiger partial charge is 0.340 e. The summed E-state index contributed by atoms with van der Waals surface area (Å²) < 4.78 is 0. The Morgan fingerprint density at radius 1 is 1.41 bits per heavy atom. The highest BCUT2D eigenvalue weighted by molar-refractivity contribution is 5.76. The van der Waals surface area contributed by atoms with Crippen LogP contribution in [0.2, 0.25) is 0 Å². The van der Waals surface area contributed by atoms with Crippen LogP contribution < -0.4 is 5.32 Å². The van der Waals surface area contributed by atoms with Gasteiger partial charge in [-0.15, -0.1) is 0 Å². The number of hydrogen-bond donors (Lipinski definition) is 1. The fraction of sp³-hybridized carbons (Fsp3) is 0.929. The average molecular weight is 240 g/mol. The summed E-state index contributed by atoms with van der Waals surface area (Å²) in [6, 6.07) is 0. The number of rotatable bonds is 2. The molecule has 0 saturated carbocycles. The number of carbonyl (C=O) groups is 1. The molecule has 1 fully saturated rings. The van der Waals surface area contributed by atoms with Crippen molar-refractivity contribution >= 4 is 5.91 Å². The van der Waals surface area contributed by atoms with Crippen molar-refractivity contribution in [1.82, 2.24) is 10.2 Å². The molecule has 1 aliphatic rings. The molecule has 0 aromatic carbocycles. The lowest BCUT2D eigenvalue weighted by molar-refractivity contribution is -0.135. The lowest BCUT2D eigenvalue weighted by Crippen LogP contribution is -2.58. The van der Waals surface area contributed by atoms with Gasteiger partial charge >= 0.3 is 0 Å². The van der Waals surface area contributed by atoms with Gasteiger partial charge < -0.3 is 10.2 Å². The fourth-order valence-electron chi connectivity index (χ4n) is 2.05. The molecule has 1 atom stereocenters. The highest BCUT2D eigenvalue weighted by Crippen LogP contribution is 2.28. The molecule has 0 bridgehead atoms. The van der Waals surface area contributed by atoms with Gasteiger partial charge in [0.05, 0.1) is 0 Å². The molecule has 1 rings (SSSR count). The zero-order chi connectivity index (χ0) is 13.3. The standard InChI is InChI=1S/C14H28N2O/c1-11(13(2,3)4)9-12(17)16-8-7-15-14(5,6)10-16/h11,15H,7-10H2,1-6H3. The first-order valence-corrected chi connectivity index (χ1v) is 6.65. The monoisotopic (exact) mass is 240 g/mol. The summed E-state index contributed by atoms with van der Waals surface area (Å²) in [5.41, 5.74) is 0.262. The topological polar surface area (TPSA) is 32.3 Å². The van der Waals surface area contributed by atoms with Gasteiger partial charge in [0.15, 0.2) is 0 Å². The van der Waals surface area contributed by atoms with Crippen LogP contribution in [0.15, 0.2) is 0 Å². The summed E-state index contributed by atoms with van der Waals surface area (Å²) in [4.78, 5) is 14.3. The van der Waals surface area contributed by atoms with Crippen molar-refractivity contribution < 1.29 is 4.79 Å². The fourth-order valence-corrected chi connectivity index (χ4v) is 2.05. The van der Waals surface area contributed by atoms with Crippen molar-refractivity contribution in [2.45, 2.75) is 53.5 Å². The van der Waals surface area contributed by atoms with Crippen LogP contribution in [-0.4, -0.2) is 36.0 Å². The molecule has 0 aromatic rings. The van der Waals surface area contributed by atoms with Gasteiger partial charge in [-0.3, -0.25) is 4.79 Å². The Balaban J connectivity index is 2.53. The van der Waals surface area contributed by atoms with Crippen molar-refractivity contribution in [1.29, 1.82) is 0 Å². The van der Waals surface area contributed by atoms with Crippen molar-refractivity contribution in [3.8, 4) is 0 Å². The predicted octanol–water partition coefficient (Wildman–Crippen LogP) is 2.27. The van der Waals surface area contributed by atoms with Crippen LogP contribution in [0.3, 0.4) is 0 Å². The molecule has 0 spiro atoms. The Labute approximate surface area is 106 Å². The van der Waals surface area contributed by atoms with E-state index in [1.165, 1.54) is 0 Å². The molecule has 0 aliphatic carbocycles. The van der Waals surface area contributed by atoms with Gasteiger partial charge in [-0.1, -0.05) is 27.7 Å². The van der Waals surface area contributed by atoms with E-state index in [2.05, 4.69) is 46.9 Å². The summed E-state index contributed by atoms with van der Waals surface area (Å²) in [6.07, 6.45) is 0.666. The minimum Gasteiger partial charge on any atom is -0.340 e. The molecule has 1 aliphatic heterocycles. The Kier molecular flexibility index (Phi) is 4.23. The number of hydrogen-bond acceptors (Lipinski definition) is 2. The summed E-state index contributed by atoms with van der Waals surface area (Å²) >= 11 is 0. The normalized spacial score (nSPS) is 22.4. The van der Waals surface area contributed by atoms with Crippen LogP contribution in [0.1, 0.15) is 48.0 Å². The molecular formula is C14H28N2O. The second-order valence-electron chi connectivity index (χ2n) is 7.10. The van der Waals surface area contributed by atoms with Gasteiger partial charge in [0.25, 0.3) is 0 Å². The minimum atomic E-state index is 0.0544. The third kappa shape index (κ3) is 4.30. The van der Waals surface area contributed by atoms with Gasteiger partial charge in [0.1, 0.15) is 0 Å². The summed E-state index contributed by atoms with van der Waals surface area (Å²) in [5, 5.41) is 3.43. The molecular weight excluding hydrogens is 212 g/mol. The van der Waals surface area contributed by atoms with Gasteiger partial charge in [-0.25, -0.2) is 0 Å². The number of nitrogens with zero attached hydrogens (tertiary/aromatic N) is 1. The second-order valence-corrected chi connectivity index (χ2v) is 7.10. The number of nitrogens with one attached hydrogen (secondary N) is 1. The van der Waals surface area contributed by atoms with E-state index in [9.17, 15) is 4.79 Å². The maximum Gasteiger partial charge on any atom is 0.222 e. The van der Waals surface area contributed by atoms with Gasteiger partial charge in [-0.2, -0.15) is 0 Å². The summed E-state index contributed by atoms with van der Waals surface area (Å²) in [7, 11) is 0. The SMILES string of the molecule is CC(CC(=O)N1CCNC(C)(C)C1)C(C)(C)C. The van der Waals surface area contributed by atoms with E-state index in [0.29, 0.717) is 18.2 Å². The molecule has 0 aromatic heterocycles. The van der Waals surface area contributed by atoms with Crippen LogP contribution in [-0.2, 0) is 4.79 Å². The zero-order valence-electron chi connectivity index (χ0n) is 12.3. The van der Waals surface area contributed by atoms with E-state index >= 15 is 0 Å². The van der Waals surface area contributed by atoms with E-state index in [0.717, 1.165) is 19.6 Å². The molecule has 1 amide bonds. The Hall–Kier alpha value is -0.570. The molecule has 1 saturated heterocycles. The average Bonchev–Trinajstić information content (AvgIpc) is 2.14. The van der Waals surface area contributed by atoms with Crippen molar-refractivity contribution in [2.24, 2.45) is 11.3 Å². The van der Waals surface area contributed by atoms with E-state index in [4.69, 9.17) is 0 Å². The lowest BCUT2D eigenvalue weighted by atomic mass is 9.80. The minimum absolute atomic E-state index is 0.0544.